The van der Waals surface area contributed by atoms with Gasteiger partial charge in [0.05, 0.1) is 0 Å². The number of nitrogens with zero attached hydrogens (tertiary/aromatic N) is 1. The van der Waals surface area contributed by atoms with Gasteiger partial charge in [-0.2, -0.15) is 0 Å². The Labute approximate surface area is 244 Å². The number of ether oxygens (including phenoxy) is 1. The molecule has 0 saturated heterocycles. The number of rotatable bonds is 12. The fourth-order valence-corrected chi connectivity index (χ4v) is 4.44. The van der Waals surface area contributed by atoms with Crippen LogP contribution in [0.25, 0.3) is 0 Å². The summed E-state index contributed by atoms with van der Waals surface area (Å²) in [4.78, 5) is 54.6. The van der Waals surface area contributed by atoms with Gasteiger partial charge in [-0.25, -0.2) is 4.79 Å². The van der Waals surface area contributed by atoms with E-state index in [0.29, 0.717) is 12.0 Å². The molecule has 4 amide bonds. The van der Waals surface area contributed by atoms with E-state index in [4.69, 9.17) is 10.5 Å². The molecule has 9 heteroatoms. The average Bonchev–Trinajstić information content (AvgIpc) is 2.88. The van der Waals surface area contributed by atoms with Crippen LogP contribution < -0.4 is 16.4 Å². The maximum atomic E-state index is 14.5. The maximum Gasteiger partial charge on any atom is 0.408 e. The van der Waals surface area contributed by atoms with E-state index in [1.165, 1.54) is 4.90 Å². The van der Waals surface area contributed by atoms with Gasteiger partial charge in [0.15, 0.2) is 0 Å². The van der Waals surface area contributed by atoms with Crippen LogP contribution >= 0.6 is 0 Å². The largest absolute Gasteiger partial charge is 0.444 e. The van der Waals surface area contributed by atoms with E-state index in [2.05, 4.69) is 10.6 Å². The standard InChI is InChI=1S/C32H46N4O5/c1-9-32(7,8)36(29(39)25(17-18-26(33)37)35-30(40)41-31(4,5)6)27(24-19-21(2)15-16-22(24)3)28(38)34-20-23-13-11-10-12-14-23/h10-16,19,25,27H,9,17-18,20H2,1-8H3,(H2,33,37)(H,34,38)(H,35,40). The number of carbonyl (C=O) groups is 4. The average molecular weight is 567 g/mol. The molecule has 9 nitrogen and oxygen atoms in total. The molecule has 2 aromatic carbocycles. The number of benzene rings is 2. The predicted octanol–water partition coefficient (Wildman–Crippen LogP) is 4.84. The number of nitrogens with one attached hydrogen (secondary N) is 2. The Morgan fingerprint density at radius 3 is 2.17 bits per heavy atom. The van der Waals surface area contributed by atoms with Crippen molar-refractivity contribution in [3.63, 3.8) is 0 Å². The lowest BCUT2D eigenvalue weighted by Gasteiger charge is -2.45. The Morgan fingerprint density at radius 1 is 0.976 bits per heavy atom. The van der Waals surface area contributed by atoms with Gasteiger partial charge in [0, 0.05) is 18.5 Å². The van der Waals surface area contributed by atoms with E-state index >= 15 is 0 Å². The fourth-order valence-electron chi connectivity index (χ4n) is 4.44. The number of aryl methyl sites for hydroxylation is 2. The molecular weight excluding hydrogens is 520 g/mol. The van der Waals surface area contributed by atoms with Crippen LogP contribution in [-0.2, 0) is 25.7 Å². The highest BCUT2D eigenvalue weighted by atomic mass is 16.6. The van der Waals surface area contributed by atoms with Crippen molar-refractivity contribution in [2.75, 3.05) is 0 Å². The number of nitrogens with two attached hydrogens (primary N) is 1. The van der Waals surface area contributed by atoms with Gasteiger partial charge in [0.2, 0.25) is 17.7 Å². The van der Waals surface area contributed by atoms with Crippen molar-refractivity contribution in [3.05, 3.63) is 70.8 Å². The molecule has 2 atom stereocenters. The SMILES string of the molecule is CCC(C)(C)N(C(=O)C(CCC(N)=O)NC(=O)OC(C)(C)C)C(C(=O)NCc1ccccc1)c1cc(C)ccc1C. The molecule has 0 bridgehead atoms. The van der Waals surface area contributed by atoms with Crippen LogP contribution in [0.1, 0.15) is 89.1 Å². The first-order valence-electron chi connectivity index (χ1n) is 14.1. The van der Waals surface area contributed by atoms with Gasteiger partial charge in [-0.1, -0.05) is 61.0 Å². The fraction of sp³-hybridized carbons (Fsp3) is 0.500. The number of hydrogen-bond acceptors (Lipinski definition) is 5. The Bertz CT molecular complexity index is 1220. The third-order valence-corrected chi connectivity index (χ3v) is 6.97. The first-order chi connectivity index (χ1) is 19.1. The van der Waals surface area contributed by atoms with Crippen LogP contribution in [0.5, 0.6) is 0 Å². The number of amides is 4. The first kappa shape index (κ1) is 33.3. The van der Waals surface area contributed by atoms with E-state index in [9.17, 15) is 19.2 Å². The summed E-state index contributed by atoms with van der Waals surface area (Å²) < 4.78 is 5.42. The highest BCUT2D eigenvalue weighted by Crippen LogP contribution is 2.34. The smallest absolute Gasteiger partial charge is 0.408 e. The molecule has 4 N–H and O–H groups in total. The molecule has 0 aliphatic rings. The summed E-state index contributed by atoms with van der Waals surface area (Å²) in [5.74, 6) is -1.48. The van der Waals surface area contributed by atoms with Crippen LogP contribution in [0.3, 0.4) is 0 Å². The molecule has 0 aliphatic carbocycles. The summed E-state index contributed by atoms with van der Waals surface area (Å²) in [5, 5.41) is 5.66. The highest BCUT2D eigenvalue weighted by Gasteiger charge is 2.43. The van der Waals surface area contributed by atoms with Crippen LogP contribution in [0.4, 0.5) is 4.79 Å². The van der Waals surface area contributed by atoms with Crippen molar-refractivity contribution in [1.29, 1.82) is 0 Å². The lowest BCUT2D eigenvalue weighted by atomic mass is 9.89. The van der Waals surface area contributed by atoms with Crippen molar-refractivity contribution in [1.82, 2.24) is 15.5 Å². The molecule has 0 aliphatic heterocycles. The first-order valence-corrected chi connectivity index (χ1v) is 14.1. The second kappa shape index (κ2) is 14.1. The second-order valence-corrected chi connectivity index (χ2v) is 12.0. The van der Waals surface area contributed by atoms with Crippen LogP contribution in [0.2, 0.25) is 0 Å². The molecule has 2 aromatic rings. The van der Waals surface area contributed by atoms with Crippen molar-refractivity contribution in [2.24, 2.45) is 5.73 Å². The molecule has 2 rings (SSSR count). The Balaban J connectivity index is 2.63. The molecule has 0 saturated carbocycles. The summed E-state index contributed by atoms with van der Waals surface area (Å²) in [6.45, 7) is 14.9. The lowest BCUT2D eigenvalue weighted by Crippen LogP contribution is -2.59. The molecule has 0 spiro atoms. The zero-order chi connectivity index (χ0) is 31.0. The topological polar surface area (TPSA) is 131 Å². The molecule has 0 aromatic heterocycles. The molecule has 224 valence electrons. The maximum absolute atomic E-state index is 14.5. The molecule has 41 heavy (non-hydrogen) atoms. The van der Waals surface area contributed by atoms with Gasteiger partial charge in [0.1, 0.15) is 17.7 Å². The van der Waals surface area contributed by atoms with E-state index in [-0.39, 0.29) is 25.3 Å². The van der Waals surface area contributed by atoms with E-state index in [0.717, 1.165) is 16.7 Å². The number of primary amides is 1. The normalized spacial score (nSPS) is 13.1. The number of alkyl carbamates (subject to hydrolysis) is 1. The van der Waals surface area contributed by atoms with Gasteiger partial charge >= 0.3 is 6.09 Å². The molecular formula is C32H46N4O5. The van der Waals surface area contributed by atoms with Gasteiger partial charge in [-0.3, -0.25) is 14.4 Å². The van der Waals surface area contributed by atoms with Crippen molar-refractivity contribution in [3.8, 4) is 0 Å². The zero-order valence-corrected chi connectivity index (χ0v) is 25.7. The van der Waals surface area contributed by atoms with E-state index < -0.39 is 41.1 Å². The second-order valence-electron chi connectivity index (χ2n) is 12.0. The zero-order valence-electron chi connectivity index (χ0n) is 25.7. The van der Waals surface area contributed by atoms with Crippen LogP contribution in [-0.4, -0.2) is 45.9 Å². The monoisotopic (exact) mass is 566 g/mol. The molecule has 0 radical (unpaired) electrons. The minimum absolute atomic E-state index is 0.0468. The minimum atomic E-state index is -1.15. The third-order valence-electron chi connectivity index (χ3n) is 6.97. The number of hydrogen-bond donors (Lipinski definition) is 3. The minimum Gasteiger partial charge on any atom is -0.444 e. The summed E-state index contributed by atoms with van der Waals surface area (Å²) in [7, 11) is 0. The Hall–Kier alpha value is -3.88. The van der Waals surface area contributed by atoms with Gasteiger partial charge in [0.25, 0.3) is 0 Å². The van der Waals surface area contributed by atoms with Gasteiger partial charge < -0.3 is 26.0 Å². The van der Waals surface area contributed by atoms with Crippen LogP contribution in [0.15, 0.2) is 48.5 Å². The summed E-state index contributed by atoms with van der Waals surface area (Å²) in [6, 6.07) is 13.1. The quantitative estimate of drug-likeness (QED) is 0.339. The molecule has 0 fully saturated rings. The van der Waals surface area contributed by atoms with Crippen molar-refractivity contribution < 1.29 is 23.9 Å². The Morgan fingerprint density at radius 2 is 1.61 bits per heavy atom. The van der Waals surface area contributed by atoms with Crippen molar-refractivity contribution in [2.45, 2.75) is 104 Å². The lowest BCUT2D eigenvalue weighted by molar-refractivity contribution is -0.149. The van der Waals surface area contributed by atoms with E-state index in [1.54, 1.807) is 20.8 Å². The summed E-state index contributed by atoms with van der Waals surface area (Å²) in [5.41, 5.74) is 7.17. The summed E-state index contributed by atoms with van der Waals surface area (Å²) >= 11 is 0. The van der Waals surface area contributed by atoms with Gasteiger partial charge in [-0.15, -0.1) is 0 Å². The van der Waals surface area contributed by atoms with Crippen molar-refractivity contribution >= 4 is 23.8 Å². The molecule has 0 heterocycles. The third kappa shape index (κ3) is 9.92. The highest BCUT2D eigenvalue weighted by molar-refractivity contribution is 5.93. The van der Waals surface area contributed by atoms with Crippen LogP contribution in [0, 0.1) is 13.8 Å². The molecule has 2 unspecified atom stereocenters. The van der Waals surface area contributed by atoms with E-state index in [1.807, 2.05) is 83.1 Å². The Kier molecular flexibility index (Phi) is 11.5. The predicted molar refractivity (Wildman–Crippen MR) is 160 cm³/mol. The van der Waals surface area contributed by atoms with Gasteiger partial charge in [-0.05, 0) is 78.0 Å². The number of carbonyl (C=O) groups excluding carboxylic acids is 4. The summed E-state index contributed by atoms with van der Waals surface area (Å²) in [6.07, 6.45) is -0.469.